The van der Waals surface area contributed by atoms with Gasteiger partial charge in [-0.05, 0) is 61.0 Å². The van der Waals surface area contributed by atoms with Crippen LogP contribution in [-0.2, 0) is 12.8 Å². The van der Waals surface area contributed by atoms with Crippen molar-refractivity contribution in [1.82, 2.24) is 4.90 Å². The van der Waals surface area contributed by atoms with Crippen LogP contribution in [-0.4, -0.2) is 30.6 Å². The van der Waals surface area contributed by atoms with Gasteiger partial charge in [-0.2, -0.15) is 0 Å². The molecule has 1 aromatic rings. The van der Waals surface area contributed by atoms with Crippen LogP contribution in [0, 0.1) is 17.8 Å². The van der Waals surface area contributed by atoms with Crippen LogP contribution < -0.4 is 5.73 Å². The fourth-order valence-electron chi connectivity index (χ4n) is 4.92. The summed E-state index contributed by atoms with van der Waals surface area (Å²) in [6.45, 7) is 3.69. The Morgan fingerprint density at radius 2 is 1.65 bits per heavy atom. The Morgan fingerprint density at radius 3 is 2.25 bits per heavy atom. The number of nitrogens with zero attached hydrogens (tertiary/aromatic N) is 1. The fourth-order valence-corrected chi connectivity index (χ4v) is 4.92. The van der Waals surface area contributed by atoms with Gasteiger partial charge in [0.1, 0.15) is 0 Å². The molecular formula is C18H26N2. The zero-order valence-corrected chi connectivity index (χ0v) is 12.3. The van der Waals surface area contributed by atoms with E-state index in [4.69, 9.17) is 5.73 Å². The van der Waals surface area contributed by atoms with Crippen LogP contribution in [0.5, 0.6) is 0 Å². The molecule has 0 spiro atoms. The maximum absolute atomic E-state index is 6.48. The highest BCUT2D eigenvalue weighted by Gasteiger charge is 2.45. The van der Waals surface area contributed by atoms with Gasteiger partial charge in [-0.15, -0.1) is 0 Å². The van der Waals surface area contributed by atoms with E-state index in [1.807, 2.05) is 0 Å². The molecule has 2 nitrogen and oxygen atoms in total. The van der Waals surface area contributed by atoms with Gasteiger partial charge in [0.25, 0.3) is 0 Å². The topological polar surface area (TPSA) is 29.3 Å². The summed E-state index contributed by atoms with van der Waals surface area (Å²) in [5.74, 6) is 2.55. The van der Waals surface area contributed by atoms with Gasteiger partial charge in [-0.25, -0.2) is 0 Å². The number of hydrogen-bond acceptors (Lipinski definition) is 2. The predicted molar refractivity (Wildman–Crippen MR) is 82.6 cm³/mol. The van der Waals surface area contributed by atoms with Crippen LogP contribution in [0.25, 0.3) is 0 Å². The van der Waals surface area contributed by atoms with E-state index in [-0.39, 0.29) is 0 Å². The Labute approximate surface area is 122 Å². The summed E-state index contributed by atoms with van der Waals surface area (Å²) in [6.07, 6.45) is 6.68. The van der Waals surface area contributed by atoms with Crippen molar-refractivity contribution in [2.24, 2.45) is 23.5 Å². The standard InChI is InChI=1S/C18H26N2/c19-18-16-6-5-15(11-16)17(18)12-20-9-7-13-3-1-2-4-14(13)8-10-20/h1-4,15-18H,5-12,19H2. The van der Waals surface area contributed by atoms with E-state index in [9.17, 15) is 0 Å². The third-order valence-corrected chi connectivity index (χ3v) is 6.14. The number of rotatable bonds is 2. The van der Waals surface area contributed by atoms with Gasteiger partial charge in [-0.1, -0.05) is 24.3 Å². The SMILES string of the molecule is NC1C2CCC(C2)C1CN1CCc2ccccc2CC1. The van der Waals surface area contributed by atoms with Crippen LogP contribution in [0.1, 0.15) is 30.4 Å². The zero-order valence-electron chi connectivity index (χ0n) is 12.3. The third-order valence-electron chi connectivity index (χ3n) is 6.14. The lowest BCUT2D eigenvalue weighted by atomic mass is 9.84. The average molecular weight is 270 g/mol. The van der Waals surface area contributed by atoms with E-state index in [2.05, 4.69) is 29.2 Å². The van der Waals surface area contributed by atoms with Gasteiger partial charge in [-0.3, -0.25) is 0 Å². The van der Waals surface area contributed by atoms with Crippen molar-refractivity contribution < 1.29 is 0 Å². The van der Waals surface area contributed by atoms with Crippen molar-refractivity contribution in [1.29, 1.82) is 0 Å². The Hall–Kier alpha value is -0.860. The highest BCUT2D eigenvalue weighted by Crippen LogP contribution is 2.47. The molecule has 2 heteroatoms. The first-order chi connectivity index (χ1) is 9.81. The van der Waals surface area contributed by atoms with Gasteiger partial charge in [0.2, 0.25) is 0 Å². The number of hydrogen-bond donors (Lipinski definition) is 1. The molecule has 20 heavy (non-hydrogen) atoms. The molecule has 1 heterocycles. The molecule has 2 saturated carbocycles. The quantitative estimate of drug-likeness (QED) is 0.894. The van der Waals surface area contributed by atoms with Gasteiger partial charge in [0, 0.05) is 25.7 Å². The zero-order chi connectivity index (χ0) is 13.5. The molecular weight excluding hydrogens is 244 g/mol. The largest absolute Gasteiger partial charge is 0.327 e. The second-order valence-electron chi connectivity index (χ2n) is 7.14. The summed E-state index contributed by atoms with van der Waals surface area (Å²) in [6, 6.07) is 9.46. The van der Waals surface area contributed by atoms with Crippen molar-refractivity contribution in [3.05, 3.63) is 35.4 Å². The highest BCUT2D eigenvalue weighted by molar-refractivity contribution is 5.28. The van der Waals surface area contributed by atoms with Crippen molar-refractivity contribution in [2.45, 2.75) is 38.1 Å². The summed E-state index contributed by atoms with van der Waals surface area (Å²) in [5, 5.41) is 0. The molecule has 1 aliphatic heterocycles. The lowest BCUT2D eigenvalue weighted by Crippen LogP contribution is -2.43. The van der Waals surface area contributed by atoms with E-state index in [0.29, 0.717) is 6.04 Å². The number of nitrogens with two attached hydrogens (primary N) is 1. The van der Waals surface area contributed by atoms with E-state index in [0.717, 1.165) is 17.8 Å². The van der Waals surface area contributed by atoms with Gasteiger partial charge in [0.05, 0.1) is 0 Å². The lowest BCUT2D eigenvalue weighted by molar-refractivity contribution is 0.179. The van der Waals surface area contributed by atoms with Crippen LogP contribution in [0.3, 0.4) is 0 Å². The first-order valence-corrected chi connectivity index (χ1v) is 8.36. The van der Waals surface area contributed by atoms with E-state index in [1.54, 1.807) is 11.1 Å². The smallest absolute Gasteiger partial charge is 0.0111 e. The lowest BCUT2D eigenvalue weighted by Gasteiger charge is -2.33. The fraction of sp³-hybridized carbons (Fsp3) is 0.667. The molecule has 3 aliphatic rings. The Balaban J connectivity index is 1.42. The Morgan fingerprint density at radius 1 is 1.00 bits per heavy atom. The minimum Gasteiger partial charge on any atom is -0.327 e. The highest BCUT2D eigenvalue weighted by atomic mass is 15.1. The van der Waals surface area contributed by atoms with Crippen molar-refractivity contribution >= 4 is 0 Å². The molecule has 4 rings (SSSR count). The average Bonchev–Trinajstić information content (AvgIpc) is 2.99. The molecule has 0 amide bonds. The van der Waals surface area contributed by atoms with E-state index in [1.165, 1.54) is 51.7 Å². The van der Waals surface area contributed by atoms with Crippen LogP contribution >= 0.6 is 0 Å². The van der Waals surface area contributed by atoms with E-state index < -0.39 is 0 Å². The normalized spacial score (nSPS) is 36.9. The maximum atomic E-state index is 6.48. The molecule has 2 N–H and O–H groups in total. The van der Waals surface area contributed by atoms with E-state index >= 15 is 0 Å². The summed E-state index contributed by atoms with van der Waals surface area (Å²) in [5.41, 5.74) is 9.60. The molecule has 0 radical (unpaired) electrons. The molecule has 1 aromatic carbocycles. The molecule has 2 bridgehead atoms. The maximum Gasteiger partial charge on any atom is 0.0111 e. The van der Waals surface area contributed by atoms with Crippen LogP contribution in [0.15, 0.2) is 24.3 Å². The molecule has 4 unspecified atom stereocenters. The summed E-state index contributed by atoms with van der Waals surface area (Å²) >= 11 is 0. The van der Waals surface area contributed by atoms with Crippen LogP contribution in [0.2, 0.25) is 0 Å². The Bertz CT molecular complexity index is 455. The minimum atomic E-state index is 0.486. The second kappa shape index (κ2) is 5.16. The third kappa shape index (κ3) is 2.19. The molecule has 0 aromatic heterocycles. The second-order valence-corrected chi connectivity index (χ2v) is 7.14. The molecule has 0 saturated heterocycles. The van der Waals surface area contributed by atoms with Crippen molar-refractivity contribution in [3.63, 3.8) is 0 Å². The predicted octanol–water partition coefficient (Wildman–Crippen LogP) is 2.46. The Kier molecular flexibility index (Phi) is 3.31. The van der Waals surface area contributed by atoms with Gasteiger partial charge < -0.3 is 10.6 Å². The van der Waals surface area contributed by atoms with Crippen molar-refractivity contribution in [2.75, 3.05) is 19.6 Å². The monoisotopic (exact) mass is 270 g/mol. The molecule has 2 fully saturated rings. The van der Waals surface area contributed by atoms with Crippen molar-refractivity contribution in [3.8, 4) is 0 Å². The first kappa shape index (κ1) is 12.8. The van der Waals surface area contributed by atoms with Gasteiger partial charge >= 0.3 is 0 Å². The summed E-state index contributed by atoms with van der Waals surface area (Å²) < 4.78 is 0. The molecule has 4 atom stereocenters. The summed E-state index contributed by atoms with van der Waals surface area (Å²) in [7, 11) is 0. The molecule has 2 aliphatic carbocycles. The molecule has 108 valence electrons. The van der Waals surface area contributed by atoms with Gasteiger partial charge in [0.15, 0.2) is 0 Å². The summed E-state index contributed by atoms with van der Waals surface area (Å²) in [4.78, 5) is 2.69. The first-order valence-electron chi connectivity index (χ1n) is 8.36. The number of benzene rings is 1. The minimum absolute atomic E-state index is 0.486. The van der Waals surface area contributed by atoms with Crippen LogP contribution in [0.4, 0.5) is 0 Å². The number of fused-ring (bicyclic) bond motifs is 3.